The van der Waals surface area contributed by atoms with E-state index in [0.717, 1.165) is 19.3 Å². The highest BCUT2D eigenvalue weighted by Crippen LogP contribution is 2.17. The molecular weight excluding hydrogens is 244 g/mol. The van der Waals surface area contributed by atoms with Gasteiger partial charge >= 0.3 is 0 Å². The van der Waals surface area contributed by atoms with E-state index < -0.39 is 0 Å². The summed E-state index contributed by atoms with van der Waals surface area (Å²) < 4.78 is 0. The Morgan fingerprint density at radius 3 is 2.10 bits per heavy atom. The summed E-state index contributed by atoms with van der Waals surface area (Å²) in [7, 11) is 0. The van der Waals surface area contributed by atoms with E-state index in [0.29, 0.717) is 5.92 Å². The van der Waals surface area contributed by atoms with Crippen molar-refractivity contribution in [2.45, 2.75) is 84.2 Å². The van der Waals surface area contributed by atoms with Crippen LogP contribution in [0.15, 0.2) is 24.3 Å². The second kappa shape index (κ2) is 9.99. The van der Waals surface area contributed by atoms with Gasteiger partial charge in [0.05, 0.1) is 6.10 Å². The lowest BCUT2D eigenvalue weighted by atomic mass is 9.98. The van der Waals surface area contributed by atoms with Gasteiger partial charge in [0, 0.05) is 0 Å². The zero-order valence-corrected chi connectivity index (χ0v) is 13.6. The van der Waals surface area contributed by atoms with Crippen LogP contribution in [0.25, 0.3) is 0 Å². The van der Waals surface area contributed by atoms with E-state index in [-0.39, 0.29) is 6.10 Å². The molecule has 0 aromatic heterocycles. The van der Waals surface area contributed by atoms with Gasteiger partial charge in [-0.3, -0.25) is 0 Å². The Labute approximate surface area is 125 Å². The summed E-state index contributed by atoms with van der Waals surface area (Å²) in [5, 5.41) is 10.1. The van der Waals surface area contributed by atoms with Gasteiger partial charge in [-0.15, -0.1) is 0 Å². The summed E-state index contributed by atoms with van der Waals surface area (Å²) in [6, 6.07) is 8.72. The standard InChI is InChI=1S/C19H32O/c1-4-5-6-7-8-9-10-19(20)15-17-11-13-18(14-12-17)16(2)3/h11-14,16,19-20H,4-10,15H2,1-3H3. The van der Waals surface area contributed by atoms with Gasteiger partial charge in [0.25, 0.3) is 0 Å². The maximum atomic E-state index is 10.1. The van der Waals surface area contributed by atoms with E-state index in [1.807, 2.05) is 0 Å². The summed E-state index contributed by atoms with van der Waals surface area (Å²) in [6.45, 7) is 6.67. The number of hydrogen-bond donors (Lipinski definition) is 1. The first kappa shape index (κ1) is 17.2. The van der Waals surface area contributed by atoms with Gasteiger partial charge in [0.15, 0.2) is 0 Å². The fraction of sp³-hybridized carbons (Fsp3) is 0.684. The van der Waals surface area contributed by atoms with E-state index in [2.05, 4.69) is 45.0 Å². The molecule has 0 fully saturated rings. The van der Waals surface area contributed by atoms with Crippen LogP contribution in [-0.4, -0.2) is 11.2 Å². The third kappa shape index (κ3) is 7.09. The lowest BCUT2D eigenvalue weighted by molar-refractivity contribution is 0.161. The molecule has 0 spiro atoms. The van der Waals surface area contributed by atoms with Crippen molar-refractivity contribution in [2.24, 2.45) is 0 Å². The Bertz CT molecular complexity index is 339. The van der Waals surface area contributed by atoms with Crippen molar-refractivity contribution >= 4 is 0 Å². The summed E-state index contributed by atoms with van der Waals surface area (Å²) in [5.74, 6) is 0.581. The molecule has 0 heterocycles. The average molecular weight is 276 g/mol. The highest BCUT2D eigenvalue weighted by molar-refractivity contribution is 5.25. The van der Waals surface area contributed by atoms with E-state index in [1.54, 1.807) is 0 Å². The molecule has 0 aliphatic heterocycles. The fourth-order valence-corrected chi connectivity index (χ4v) is 2.57. The number of aliphatic hydroxyl groups excluding tert-OH is 1. The summed E-state index contributed by atoms with van der Waals surface area (Å²) in [6.07, 6.45) is 9.32. The smallest absolute Gasteiger partial charge is 0.0580 e. The first-order chi connectivity index (χ1) is 9.63. The largest absolute Gasteiger partial charge is 0.393 e. The van der Waals surface area contributed by atoms with Gasteiger partial charge < -0.3 is 5.11 Å². The van der Waals surface area contributed by atoms with E-state index in [4.69, 9.17) is 0 Å². The summed E-state index contributed by atoms with van der Waals surface area (Å²) in [4.78, 5) is 0. The fourth-order valence-electron chi connectivity index (χ4n) is 2.57. The van der Waals surface area contributed by atoms with Crippen molar-refractivity contribution in [2.75, 3.05) is 0 Å². The first-order valence-corrected chi connectivity index (χ1v) is 8.40. The average Bonchev–Trinajstić information content (AvgIpc) is 2.43. The molecule has 1 aromatic carbocycles. The maximum Gasteiger partial charge on any atom is 0.0580 e. The van der Waals surface area contributed by atoms with Crippen molar-refractivity contribution in [1.29, 1.82) is 0 Å². The van der Waals surface area contributed by atoms with Crippen molar-refractivity contribution in [3.63, 3.8) is 0 Å². The number of rotatable bonds is 10. The van der Waals surface area contributed by atoms with Crippen LogP contribution in [0.4, 0.5) is 0 Å². The minimum atomic E-state index is -0.175. The maximum absolute atomic E-state index is 10.1. The highest BCUT2D eigenvalue weighted by atomic mass is 16.3. The summed E-state index contributed by atoms with van der Waals surface area (Å²) >= 11 is 0. The highest BCUT2D eigenvalue weighted by Gasteiger charge is 2.06. The van der Waals surface area contributed by atoms with Gasteiger partial charge in [0.1, 0.15) is 0 Å². The van der Waals surface area contributed by atoms with Crippen molar-refractivity contribution in [3.8, 4) is 0 Å². The lowest BCUT2D eigenvalue weighted by Crippen LogP contribution is -2.10. The predicted octanol–water partition coefficient (Wildman–Crippen LogP) is 5.46. The first-order valence-electron chi connectivity index (χ1n) is 8.40. The van der Waals surface area contributed by atoms with Crippen LogP contribution in [0.5, 0.6) is 0 Å². The molecule has 114 valence electrons. The van der Waals surface area contributed by atoms with E-state index in [9.17, 15) is 5.11 Å². The molecule has 1 N–H and O–H groups in total. The SMILES string of the molecule is CCCCCCCCC(O)Cc1ccc(C(C)C)cc1. The molecule has 0 amide bonds. The third-order valence-corrected chi connectivity index (χ3v) is 4.01. The molecule has 1 nitrogen and oxygen atoms in total. The van der Waals surface area contributed by atoms with Crippen molar-refractivity contribution < 1.29 is 5.11 Å². The monoisotopic (exact) mass is 276 g/mol. The second-order valence-electron chi connectivity index (χ2n) is 6.31. The molecular formula is C19H32O. The molecule has 0 bridgehead atoms. The second-order valence-corrected chi connectivity index (χ2v) is 6.31. The molecule has 1 unspecified atom stereocenters. The number of benzene rings is 1. The van der Waals surface area contributed by atoms with E-state index >= 15 is 0 Å². The van der Waals surface area contributed by atoms with Crippen LogP contribution in [0.2, 0.25) is 0 Å². The number of unbranched alkanes of at least 4 members (excludes halogenated alkanes) is 5. The Morgan fingerprint density at radius 2 is 1.50 bits per heavy atom. The van der Waals surface area contributed by atoms with Gasteiger partial charge in [-0.2, -0.15) is 0 Å². The predicted molar refractivity (Wildman–Crippen MR) is 88.2 cm³/mol. The van der Waals surface area contributed by atoms with Crippen LogP contribution >= 0.6 is 0 Å². The number of aliphatic hydroxyl groups is 1. The van der Waals surface area contributed by atoms with Crippen molar-refractivity contribution in [3.05, 3.63) is 35.4 Å². The Balaban J connectivity index is 2.19. The molecule has 0 saturated carbocycles. The minimum Gasteiger partial charge on any atom is -0.393 e. The molecule has 1 rings (SSSR count). The molecule has 0 aliphatic carbocycles. The molecule has 20 heavy (non-hydrogen) atoms. The Morgan fingerprint density at radius 1 is 0.900 bits per heavy atom. The zero-order chi connectivity index (χ0) is 14.8. The zero-order valence-electron chi connectivity index (χ0n) is 13.6. The van der Waals surface area contributed by atoms with Gasteiger partial charge in [-0.05, 0) is 29.9 Å². The Hall–Kier alpha value is -0.820. The lowest BCUT2D eigenvalue weighted by Gasteiger charge is -2.12. The van der Waals surface area contributed by atoms with Gasteiger partial charge in [-0.25, -0.2) is 0 Å². The quantitative estimate of drug-likeness (QED) is 0.562. The molecule has 1 atom stereocenters. The van der Waals surface area contributed by atoms with Crippen LogP contribution in [-0.2, 0) is 6.42 Å². The molecule has 0 aliphatic rings. The topological polar surface area (TPSA) is 20.2 Å². The van der Waals surface area contributed by atoms with Crippen LogP contribution in [0.3, 0.4) is 0 Å². The van der Waals surface area contributed by atoms with Gasteiger partial charge in [-0.1, -0.05) is 83.6 Å². The third-order valence-electron chi connectivity index (χ3n) is 4.01. The van der Waals surface area contributed by atoms with Gasteiger partial charge in [0.2, 0.25) is 0 Å². The van der Waals surface area contributed by atoms with Crippen LogP contribution in [0.1, 0.15) is 82.8 Å². The molecule has 0 radical (unpaired) electrons. The van der Waals surface area contributed by atoms with Crippen LogP contribution in [0, 0.1) is 0 Å². The van der Waals surface area contributed by atoms with Crippen molar-refractivity contribution in [1.82, 2.24) is 0 Å². The Kier molecular flexibility index (Phi) is 8.60. The van der Waals surface area contributed by atoms with Crippen LogP contribution < -0.4 is 0 Å². The van der Waals surface area contributed by atoms with E-state index in [1.165, 1.54) is 43.2 Å². The molecule has 1 aromatic rings. The number of hydrogen-bond acceptors (Lipinski definition) is 1. The molecule has 1 heteroatoms. The summed E-state index contributed by atoms with van der Waals surface area (Å²) in [5.41, 5.74) is 2.63. The normalized spacial score (nSPS) is 12.8. The minimum absolute atomic E-state index is 0.175. The molecule has 0 saturated heterocycles.